The minimum atomic E-state index is -0.183. The normalized spacial score (nSPS) is 13.4. The van der Waals surface area contributed by atoms with Gasteiger partial charge in [0.15, 0.2) is 17.3 Å². The summed E-state index contributed by atoms with van der Waals surface area (Å²) < 4.78 is 17.0. The van der Waals surface area contributed by atoms with Gasteiger partial charge >= 0.3 is 0 Å². The maximum atomic E-state index is 12.3. The standard InChI is InChI=1S/C14H11BrO4/c1-8-2-3-11(19-8)14(16)9-6-12-13(7-10(9)15)18-5-4-17-12/h2-3,6-7H,4-5H2,1H3. The fraction of sp³-hybridized carbons (Fsp3) is 0.214. The number of hydrogen-bond donors (Lipinski definition) is 0. The molecule has 2 aromatic rings. The Bertz CT molecular complexity index is 645. The van der Waals surface area contributed by atoms with Crippen molar-refractivity contribution in [2.75, 3.05) is 13.2 Å². The van der Waals surface area contributed by atoms with Crippen molar-refractivity contribution in [3.63, 3.8) is 0 Å². The molecule has 1 aromatic heterocycles. The van der Waals surface area contributed by atoms with Crippen LogP contribution in [-0.4, -0.2) is 19.0 Å². The van der Waals surface area contributed by atoms with Crippen LogP contribution in [0.3, 0.4) is 0 Å². The highest BCUT2D eigenvalue weighted by Crippen LogP contribution is 2.36. The Kier molecular flexibility index (Phi) is 3.06. The first-order chi connectivity index (χ1) is 9.15. The van der Waals surface area contributed by atoms with Crippen molar-refractivity contribution in [2.24, 2.45) is 0 Å². The van der Waals surface area contributed by atoms with E-state index in [-0.39, 0.29) is 5.78 Å². The zero-order valence-electron chi connectivity index (χ0n) is 10.2. The second-order valence-corrected chi connectivity index (χ2v) is 5.07. The number of carbonyl (C=O) groups excluding carboxylic acids is 1. The number of furan rings is 1. The van der Waals surface area contributed by atoms with E-state index < -0.39 is 0 Å². The summed E-state index contributed by atoms with van der Waals surface area (Å²) in [6.07, 6.45) is 0. The fourth-order valence-electron chi connectivity index (χ4n) is 1.93. The van der Waals surface area contributed by atoms with Crippen LogP contribution in [0.4, 0.5) is 0 Å². The molecule has 0 bridgehead atoms. The van der Waals surface area contributed by atoms with Crippen LogP contribution in [0.2, 0.25) is 0 Å². The van der Waals surface area contributed by atoms with E-state index in [1.165, 1.54) is 0 Å². The molecule has 0 unspecified atom stereocenters. The second-order valence-electron chi connectivity index (χ2n) is 4.22. The molecule has 3 rings (SSSR count). The highest BCUT2D eigenvalue weighted by Gasteiger charge is 2.21. The Balaban J connectivity index is 2.03. The van der Waals surface area contributed by atoms with Crippen LogP contribution < -0.4 is 9.47 Å². The molecule has 2 heterocycles. The van der Waals surface area contributed by atoms with Crippen LogP contribution in [0.5, 0.6) is 11.5 Å². The number of fused-ring (bicyclic) bond motifs is 1. The molecule has 1 aliphatic rings. The summed E-state index contributed by atoms with van der Waals surface area (Å²) >= 11 is 3.38. The lowest BCUT2D eigenvalue weighted by Crippen LogP contribution is -2.16. The molecule has 98 valence electrons. The molecular formula is C14H11BrO4. The average molecular weight is 323 g/mol. The van der Waals surface area contributed by atoms with E-state index in [1.54, 1.807) is 31.2 Å². The summed E-state index contributed by atoms with van der Waals surface area (Å²) in [6.45, 7) is 2.81. The van der Waals surface area contributed by atoms with Gasteiger partial charge in [-0.05, 0) is 47.1 Å². The van der Waals surface area contributed by atoms with E-state index in [0.29, 0.717) is 46.3 Å². The SMILES string of the molecule is Cc1ccc(C(=O)c2cc3c(cc2Br)OCCO3)o1. The molecule has 5 heteroatoms. The summed E-state index contributed by atoms with van der Waals surface area (Å²) in [7, 11) is 0. The first-order valence-electron chi connectivity index (χ1n) is 5.85. The molecule has 0 N–H and O–H groups in total. The molecule has 0 atom stereocenters. The van der Waals surface area contributed by atoms with Crippen molar-refractivity contribution in [3.8, 4) is 11.5 Å². The van der Waals surface area contributed by atoms with Crippen LogP contribution in [0.25, 0.3) is 0 Å². The summed E-state index contributed by atoms with van der Waals surface area (Å²) in [5.74, 6) is 2.07. The van der Waals surface area contributed by atoms with Crippen LogP contribution in [-0.2, 0) is 0 Å². The van der Waals surface area contributed by atoms with E-state index in [1.807, 2.05) is 0 Å². The van der Waals surface area contributed by atoms with Crippen LogP contribution in [0.1, 0.15) is 21.9 Å². The average Bonchev–Trinajstić information content (AvgIpc) is 2.84. The highest BCUT2D eigenvalue weighted by molar-refractivity contribution is 9.10. The van der Waals surface area contributed by atoms with Crippen molar-refractivity contribution in [1.29, 1.82) is 0 Å². The third kappa shape index (κ3) is 2.26. The largest absolute Gasteiger partial charge is 0.486 e. The maximum Gasteiger partial charge on any atom is 0.229 e. The Morgan fingerprint density at radius 1 is 1.16 bits per heavy atom. The number of ketones is 1. The Morgan fingerprint density at radius 3 is 2.47 bits per heavy atom. The van der Waals surface area contributed by atoms with E-state index in [0.717, 1.165) is 0 Å². The summed E-state index contributed by atoms with van der Waals surface area (Å²) in [5, 5.41) is 0. The second kappa shape index (κ2) is 4.74. The van der Waals surface area contributed by atoms with Crippen molar-refractivity contribution in [1.82, 2.24) is 0 Å². The molecule has 19 heavy (non-hydrogen) atoms. The molecule has 0 aliphatic carbocycles. The van der Waals surface area contributed by atoms with Crippen LogP contribution in [0, 0.1) is 6.92 Å². The van der Waals surface area contributed by atoms with Crippen LogP contribution >= 0.6 is 15.9 Å². The van der Waals surface area contributed by atoms with Gasteiger partial charge in [-0.15, -0.1) is 0 Å². The third-order valence-electron chi connectivity index (χ3n) is 2.84. The van der Waals surface area contributed by atoms with Crippen molar-refractivity contribution >= 4 is 21.7 Å². The maximum absolute atomic E-state index is 12.3. The smallest absolute Gasteiger partial charge is 0.229 e. The van der Waals surface area contributed by atoms with Gasteiger partial charge in [0.05, 0.1) is 0 Å². The molecule has 0 amide bonds. The lowest BCUT2D eigenvalue weighted by atomic mass is 10.1. The number of halogens is 1. The van der Waals surface area contributed by atoms with Gasteiger partial charge in [-0.2, -0.15) is 0 Å². The lowest BCUT2D eigenvalue weighted by molar-refractivity contribution is 0.101. The van der Waals surface area contributed by atoms with Gasteiger partial charge in [0, 0.05) is 10.0 Å². The third-order valence-corrected chi connectivity index (χ3v) is 3.50. The molecule has 0 saturated carbocycles. The summed E-state index contributed by atoms with van der Waals surface area (Å²) in [4.78, 5) is 12.3. The molecule has 4 nitrogen and oxygen atoms in total. The Morgan fingerprint density at radius 2 is 1.84 bits per heavy atom. The topological polar surface area (TPSA) is 48.7 Å². The zero-order chi connectivity index (χ0) is 13.4. The van der Waals surface area contributed by atoms with Gasteiger partial charge in [-0.3, -0.25) is 4.79 Å². The number of hydrogen-bond acceptors (Lipinski definition) is 4. The molecule has 0 radical (unpaired) electrons. The minimum absolute atomic E-state index is 0.183. The summed E-state index contributed by atoms with van der Waals surface area (Å²) in [5.41, 5.74) is 0.499. The highest BCUT2D eigenvalue weighted by atomic mass is 79.9. The molecule has 0 saturated heterocycles. The van der Waals surface area contributed by atoms with Gasteiger partial charge in [0.2, 0.25) is 5.78 Å². The molecule has 1 aromatic carbocycles. The first kappa shape index (κ1) is 12.3. The Labute approximate surface area is 118 Å². The number of aryl methyl sites for hydroxylation is 1. The Hall–Kier alpha value is -1.75. The van der Waals surface area contributed by atoms with E-state index in [4.69, 9.17) is 13.9 Å². The minimum Gasteiger partial charge on any atom is -0.486 e. The van der Waals surface area contributed by atoms with Gasteiger partial charge in [0.25, 0.3) is 0 Å². The molecule has 0 fully saturated rings. The number of ether oxygens (including phenoxy) is 2. The quantitative estimate of drug-likeness (QED) is 0.795. The van der Waals surface area contributed by atoms with Crippen molar-refractivity contribution < 1.29 is 18.7 Å². The van der Waals surface area contributed by atoms with Gasteiger partial charge in [0.1, 0.15) is 19.0 Å². The predicted molar refractivity (Wildman–Crippen MR) is 72.0 cm³/mol. The number of carbonyl (C=O) groups is 1. The van der Waals surface area contributed by atoms with Gasteiger partial charge < -0.3 is 13.9 Å². The fourth-order valence-corrected chi connectivity index (χ4v) is 2.43. The number of rotatable bonds is 2. The van der Waals surface area contributed by atoms with Gasteiger partial charge in [-0.1, -0.05) is 0 Å². The van der Waals surface area contributed by atoms with Crippen LogP contribution in [0.15, 0.2) is 33.2 Å². The molecule has 1 aliphatic heterocycles. The zero-order valence-corrected chi connectivity index (χ0v) is 11.8. The first-order valence-corrected chi connectivity index (χ1v) is 6.65. The van der Waals surface area contributed by atoms with E-state index >= 15 is 0 Å². The van der Waals surface area contributed by atoms with Crippen molar-refractivity contribution in [3.05, 3.63) is 45.8 Å². The monoisotopic (exact) mass is 322 g/mol. The molecular weight excluding hydrogens is 312 g/mol. The van der Waals surface area contributed by atoms with E-state index in [2.05, 4.69) is 15.9 Å². The van der Waals surface area contributed by atoms with Crippen molar-refractivity contribution in [2.45, 2.75) is 6.92 Å². The molecule has 0 spiro atoms. The predicted octanol–water partition coefficient (Wildman–Crippen LogP) is 3.35. The van der Waals surface area contributed by atoms with Gasteiger partial charge in [-0.25, -0.2) is 0 Å². The lowest BCUT2D eigenvalue weighted by Gasteiger charge is -2.19. The summed E-state index contributed by atoms with van der Waals surface area (Å²) in [6, 6.07) is 6.86. The van der Waals surface area contributed by atoms with E-state index in [9.17, 15) is 4.79 Å². The number of benzene rings is 1.